The number of nitrogens with zero attached hydrogens (tertiary/aromatic N) is 3. The van der Waals surface area contributed by atoms with Gasteiger partial charge in [-0.1, -0.05) is 0 Å². The number of hydrogen-bond donors (Lipinski definition) is 2. The maximum Gasteiger partial charge on any atom is 0.405 e. The van der Waals surface area contributed by atoms with Gasteiger partial charge in [-0.2, -0.15) is 18.3 Å². The van der Waals surface area contributed by atoms with Gasteiger partial charge in [-0.3, -0.25) is 14.4 Å². The molecule has 1 aromatic rings. The second kappa shape index (κ2) is 7.52. The number of halogens is 3. The maximum atomic E-state index is 13.3. The number of alkyl halides is 3. The molecule has 2 unspecified atom stereocenters. The minimum absolute atomic E-state index is 0.313. The Kier molecular flexibility index (Phi) is 5.87. The molecule has 1 amide bonds. The number of aromatic nitrogens is 2. The molecule has 2 atom stereocenters. The molecule has 1 saturated heterocycles. The lowest BCUT2D eigenvalue weighted by atomic mass is 10.2. The van der Waals surface area contributed by atoms with Crippen LogP contribution in [0.2, 0.25) is 0 Å². The quantitative estimate of drug-likeness (QED) is 0.835. The van der Waals surface area contributed by atoms with Crippen LogP contribution in [0, 0.1) is 13.8 Å². The van der Waals surface area contributed by atoms with Crippen molar-refractivity contribution in [3.63, 3.8) is 0 Å². The molecule has 136 valence electrons. The van der Waals surface area contributed by atoms with Crippen LogP contribution in [0.5, 0.6) is 0 Å². The number of amides is 1. The monoisotopic (exact) mass is 347 g/mol. The van der Waals surface area contributed by atoms with Gasteiger partial charge in [0.05, 0.1) is 5.69 Å². The predicted molar refractivity (Wildman–Crippen MR) is 83.7 cm³/mol. The van der Waals surface area contributed by atoms with Gasteiger partial charge in [0.2, 0.25) is 5.91 Å². The molecule has 6 nitrogen and oxygen atoms in total. The minimum Gasteiger partial charge on any atom is -0.352 e. The van der Waals surface area contributed by atoms with E-state index in [-0.39, 0.29) is 0 Å². The standard InChI is InChI=1S/C15H24F3N5O/c1-10-8-11(2)23(21-10)12(3)14(24)20-9-13(15(16,17)18)22-6-4-19-5-7-22/h8,12-13,19H,4-7,9H2,1-3H3,(H,20,24). The molecule has 1 aliphatic rings. The van der Waals surface area contributed by atoms with E-state index in [4.69, 9.17) is 0 Å². The highest BCUT2D eigenvalue weighted by atomic mass is 19.4. The lowest BCUT2D eigenvalue weighted by Crippen LogP contribution is -2.57. The van der Waals surface area contributed by atoms with E-state index < -0.39 is 30.7 Å². The van der Waals surface area contributed by atoms with Crippen molar-refractivity contribution in [1.29, 1.82) is 0 Å². The van der Waals surface area contributed by atoms with Crippen LogP contribution in [0.25, 0.3) is 0 Å². The summed E-state index contributed by atoms with van der Waals surface area (Å²) in [5, 5.41) is 9.68. The average Bonchev–Trinajstić information content (AvgIpc) is 2.84. The fourth-order valence-corrected chi connectivity index (χ4v) is 2.94. The molecule has 0 saturated carbocycles. The molecular weight excluding hydrogens is 323 g/mol. The van der Waals surface area contributed by atoms with Crippen molar-refractivity contribution >= 4 is 5.91 Å². The van der Waals surface area contributed by atoms with Gasteiger partial charge in [-0.15, -0.1) is 0 Å². The average molecular weight is 347 g/mol. The Hall–Kier alpha value is -1.61. The lowest BCUT2D eigenvalue weighted by molar-refractivity contribution is -0.184. The summed E-state index contributed by atoms with van der Waals surface area (Å²) in [5.41, 5.74) is 1.56. The summed E-state index contributed by atoms with van der Waals surface area (Å²) in [6, 6.07) is -0.505. The summed E-state index contributed by atoms with van der Waals surface area (Å²) >= 11 is 0. The Morgan fingerprint density at radius 1 is 1.38 bits per heavy atom. The van der Waals surface area contributed by atoms with E-state index in [0.29, 0.717) is 26.2 Å². The van der Waals surface area contributed by atoms with E-state index in [0.717, 1.165) is 11.4 Å². The highest BCUT2D eigenvalue weighted by molar-refractivity contribution is 5.79. The molecule has 0 aliphatic carbocycles. The number of piperazine rings is 1. The molecule has 2 N–H and O–H groups in total. The fourth-order valence-electron chi connectivity index (χ4n) is 2.94. The molecule has 0 bridgehead atoms. The van der Waals surface area contributed by atoms with Crippen LogP contribution in [0.15, 0.2) is 6.07 Å². The number of carbonyl (C=O) groups excluding carboxylic acids is 1. The molecule has 24 heavy (non-hydrogen) atoms. The number of aryl methyl sites for hydroxylation is 2. The molecule has 9 heteroatoms. The summed E-state index contributed by atoms with van der Waals surface area (Å²) in [6.45, 7) is 6.45. The molecule has 0 spiro atoms. The SMILES string of the molecule is Cc1cc(C)n(C(C)C(=O)NCC(N2CCNCC2)C(F)(F)F)n1. The first-order valence-corrected chi connectivity index (χ1v) is 8.02. The first kappa shape index (κ1) is 18.7. The van der Waals surface area contributed by atoms with Gasteiger partial charge in [0, 0.05) is 38.4 Å². The molecule has 0 radical (unpaired) electrons. The van der Waals surface area contributed by atoms with Crippen molar-refractivity contribution in [2.24, 2.45) is 0 Å². The third-order valence-electron chi connectivity index (χ3n) is 4.23. The Balaban J connectivity index is 2.00. The van der Waals surface area contributed by atoms with E-state index in [1.165, 1.54) is 9.58 Å². The lowest BCUT2D eigenvalue weighted by Gasteiger charge is -2.36. The number of nitrogens with one attached hydrogen (secondary N) is 2. The molecule has 2 rings (SSSR count). The molecule has 1 aliphatic heterocycles. The van der Waals surface area contributed by atoms with E-state index >= 15 is 0 Å². The normalized spacial score (nSPS) is 19.1. The van der Waals surface area contributed by atoms with Crippen LogP contribution in [-0.4, -0.2) is 65.5 Å². The Labute approximate surface area is 139 Å². The van der Waals surface area contributed by atoms with Gasteiger partial charge in [0.25, 0.3) is 0 Å². The summed E-state index contributed by atoms with van der Waals surface area (Å²) < 4.78 is 41.5. The summed E-state index contributed by atoms with van der Waals surface area (Å²) in [7, 11) is 0. The topological polar surface area (TPSA) is 62.2 Å². The third-order valence-corrected chi connectivity index (χ3v) is 4.23. The second-order valence-electron chi connectivity index (χ2n) is 6.14. The van der Waals surface area contributed by atoms with Gasteiger partial charge >= 0.3 is 6.18 Å². The van der Waals surface area contributed by atoms with Crippen LogP contribution in [0.3, 0.4) is 0 Å². The van der Waals surface area contributed by atoms with E-state index in [2.05, 4.69) is 15.7 Å². The van der Waals surface area contributed by atoms with Crippen molar-refractivity contribution in [2.45, 2.75) is 39.0 Å². The fraction of sp³-hybridized carbons (Fsp3) is 0.733. The first-order valence-electron chi connectivity index (χ1n) is 8.02. The number of carbonyl (C=O) groups is 1. The van der Waals surface area contributed by atoms with Crippen molar-refractivity contribution in [3.05, 3.63) is 17.5 Å². The molecule has 2 heterocycles. The van der Waals surface area contributed by atoms with Crippen molar-refractivity contribution in [1.82, 2.24) is 25.3 Å². The summed E-state index contributed by atoms with van der Waals surface area (Å²) in [6.07, 6.45) is -4.38. The second-order valence-corrected chi connectivity index (χ2v) is 6.14. The minimum atomic E-state index is -4.38. The van der Waals surface area contributed by atoms with Gasteiger partial charge < -0.3 is 10.6 Å². The molecule has 1 aromatic heterocycles. The third kappa shape index (κ3) is 4.47. The van der Waals surface area contributed by atoms with Crippen molar-refractivity contribution < 1.29 is 18.0 Å². The number of hydrogen-bond acceptors (Lipinski definition) is 4. The van der Waals surface area contributed by atoms with Crippen molar-refractivity contribution in [3.8, 4) is 0 Å². The zero-order chi connectivity index (χ0) is 17.9. The van der Waals surface area contributed by atoms with Crippen LogP contribution in [-0.2, 0) is 4.79 Å². The van der Waals surface area contributed by atoms with Gasteiger partial charge in [0.15, 0.2) is 0 Å². The zero-order valence-corrected chi connectivity index (χ0v) is 14.2. The Bertz CT molecular complexity index is 566. The molecular formula is C15H24F3N5O. The highest BCUT2D eigenvalue weighted by Crippen LogP contribution is 2.25. The van der Waals surface area contributed by atoms with E-state index in [1.807, 2.05) is 13.0 Å². The van der Waals surface area contributed by atoms with Gasteiger partial charge in [0.1, 0.15) is 12.1 Å². The molecule has 0 aromatic carbocycles. The predicted octanol–water partition coefficient (Wildman–Crippen LogP) is 1.01. The van der Waals surface area contributed by atoms with E-state index in [1.54, 1.807) is 13.8 Å². The zero-order valence-electron chi connectivity index (χ0n) is 14.2. The van der Waals surface area contributed by atoms with E-state index in [9.17, 15) is 18.0 Å². The number of rotatable bonds is 5. The highest BCUT2D eigenvalue weighted by Gasteiger charge is 2.44. The van der Waals surface area contributed by atoms with Gasteiger partial charge in [-0.05, 0) is 26.8 Å². The van der Waals surface area contributed by atoms with Crippen molar-refractivity contribution in [2.75, 3.05) is 32.7 Å². The van der Waals surface area contributed by atoms with Gasteiger partial charge in [-0.25, -0.2) is 0 Å². The van der Waals surface area contributed by atoms with Crippen LogP contribution in [0.4, 0.5) is 13.2 Å². The first-order chi connectivity index (χ1) is 11.2. The van der Waals surface area contributed by atoms with Crippen LogP contribution >= 0.6 is 0 Å². The summed E-state index contributed by atoms with van der Waals surface area (Å²) in [4.78, 5) is 13.6. The largest absolute Gasteiger partial charge is 0.405 e. The Morgan fingerprint density at radius 3 is 2.50 bits per heavy atom. The smallest absolute Gasteiger partial charge is 0.352 e. The maximum absolute atomic E-state index is 13.3. The summed E-state index contributed by atoms with van der Waals surface area (Å²) in [5.74, 6) is -0.467. The van der Waals surface area contributed by atoms with Crippen LogP contribution < -0.4 is 10.6 Å². The Morgan fingerprint density at radius 2 is 2.00 bits per heavy atom. The molecule has 1 fully saturated rings. The van der Waals surface area contributed by atoms with Crippen LogP contribution in [0.1, 0.15) is 24.4 Å².